The second-order valence-corrected chi connectivity index (χ2v) is 9.50. The van der Waals surface area contributed by atoms with Crippen LogP contribution in [0.3, 0.4) is 0 Å². The van der Waals surface area contributed by atoms with Gasteiger partial charge >= 0.3 is 11.9 Å². The van der Waals surface area contributed by atoms with Gasteiger partial charge < -0.3 is 9.84 Å². The van der Waals surface area contributed by atoms with Gasteiger partial charge in [-0.15, -0.1) is 0 Å². The van der Waals surface area contributed by atoms with Gasteiger partial charge in [0.15, 0.2) is 0 Å². The Bertz CT molecular complexity index is 457. The van der Waals surface area contributed by atoms with E-state index >= 15 is 0 Å². The number of hydrogen-bond acceptors (Lipinski definition) is 5. The van der Waals surface area contributed by atoms with Gasteiger partial charge in [0.1, 0.15) is 0 Å². The first-order chi connectivity index (χ1) is 14.8. The van der Waals surface area contributed by atoms with E-state index in [2.05, 4.69) is 77.8 Å². The molecule has 0 aromatic carbocycles. The Hall–Kier alpha value is -1.26. The first-order valence-electron chi connectivity index (χ1n) is 12.3. The van der Waals surface area contributed by atoms with E-state index < -0.39 is 5.97 Å². The van der Waals surface area contributed by atoms with Crippen LogP contribution in [0.15, 0.2) is 4.99 Å². The number of aliphatic carboxylic acids is 1. The van der Waals surface area contributed by atoms with E-state index in [0.717, 1.165) is 50.5 Å². The lowest BCUT2D eigenvalue weighted by atomic mass is 10.1. The van der Waals surface area contributed by atoms with Gasteiger partial charge in [-0.3, -0.25) is 9.59 Å². The minimum atomic E-state index is -0.682. The summed E-state index contributed by atoms with van der Waals surface area (Å²) in [6, 6.07) is 0. The average Bonchev–Trinajstić information content (AvgIpc) is 2.69. The number of carboxylic acid groups (broad SMARTS) is 1. The highest BCUT2D eigenvalue weighted by Gasteiger charge is 2.07. The van der Waals surface area contributed by atoms with E-state index in [9.17, 15) is 9.59 Å². The highest BCUT2D eigenvalue weighted by atomic mass is 32.1. The number of carboxylic acids is 1. The zero-order valence-corrected chi connectivity index (χ0v) is 23.5. The molecule has 0 spiro atoms. The lowest BCUT2D eigenvalue weighted by molar-refractivity contribution is -0.147. The molecule has 0 aliphatic heterocycles. The van der Waals surface area contributed by atoms with Gasteiger partial charge in [0, 0.05) is 13.0 Å². The molecule has 0 bridgehead atoms. The Kier molecular flexibility index (Phi) is 35.3. The van der Waals surface area contributed by atoms with E-state index in [1.54, 1.807) is 0 Å². The Morgan fingerprint density at radius 3 is 1.72 bits per heavy atom. The summed E-state index contributed by atoms with van der Waals surface area (Å²) in [5.74, 6) is 1.44. The summed E-state index contributed by atoms with van der Waals surface area (Å²) in [5.41, 5.74) is 0. The van der Waals surface area contributed by atoms with Gasteiger partial charge in [-0.1, -0.05) is 88.5 Å². The number of carbonyl (C=O) groups excluding carboxylic acids is 1. The van der Waals surface area contributed by atoms with E-state index in [-0.39, 0.29) is 11.9 Å². The van der Waals surface area contributed by atoms with Crippen LogP contribution in [0, 0.1) is 23.7 Å². The molecule has 0 aromatic heterocycles. The third-order valence-corrected chi connectivity index (χ3v) is 4.23. The summed E-state index contributed by atoms with van der Waals surface area (Å²) in [7, 11) is 0. The average molecular weight is 476 g/mol. The lowest BCUT2D eigenvalue weighted by Crippen LogP contribution is -2.13. The highest BCUT2D eigenvalue weighted by molar-refractivity contribution is 7.78. The molecule has 0 radical (unpaired) electrons. The minimum Gasteiger partial charge on any atom is -0.481 e. The molecule has 192 valence electrons. The van der Waals surface area contributed by atoms with Crippen LogP contribution in [0.25, 0.3) is 0 Å². The zero-order chi connectivity index (χ0) is 25.9. The topological polar surface area (TPSA) is 76.0 Å². The summed E-state index contributed by atoms with van der Waals surface area (Å²) in [6.45, 7) is 22.3. The monoisotopic (exact) mass is 475 g/mol. The molecular formula is C26H53NO4S. The number of ether oxygens (including phenoxy) is 1. The fourth-order valence-corrected chi connectivity index (χ4v) is 1.55. The molecule has 32 heavy (non-hydrogen) atoms. The van der Waals surface area contributed by atoms with Gasteiger partial charge in [0.2, 0.25) is 0 Å². The second kappa shape index (κ2) is 29.7. The molecule has 0 fully saturated rings. The van der Waals surface area contributed by atoms with E-state index in [4.69, 9.17) is 9.84 Å². The van der Waals surface area contributed by atoms with Crippen LogP contribution in [0.5, 0.6) is 0 Å². The number of unbranched alkanes of at least 4 members (excludes halogenated alkanes) is 2. The van der Waals surface area contributed by atoms with Crippen molar-refractivity contribution in [2.45, 2.75) is 114 Å². The number of thiocarbonyl (C=S) groups is 1. The molecular weight excluding hydrogens is 422 g/mol. The number of nitrogens with zero attached hydrogens (tertiary/aromatic N) is 1. The van der Waals surface area contributed by atoms with Gasteiger partial charge in [-0.25, -0.2) is 4.99 Å². The molecule has 0 saturated heterocycles. The first-order valence-corrected chi connectivity index (χ1v) is 12.7. The number of esters is 1. The predicted molar refractivity (Wildman–Crippen MR) is 142 cm³/mol. The van der Waals surface area contributed by atoms with Gasteiger partial charge in [0.05, 0.1) is 17.7 Å². The number of aliphatic imine (C=N–C) groups is 1. The maximum atomic E-state index is 10.9. The third kappa shape index (κ3) is 51.4. The van der Waals surface area contributed by atoms with Crippen LogP contribution < -0.4 is 0 Å². The van der Waals surface area contributed by atoms with E-state index in [1.807, 2.05) is 13.8 Å². The van der Waals surface area contributed by atoms with Crippen LogP contribution in [0.2, 0.25) is 0 Å². The van der Waals surface area contributed by atoms with Crippen LogP contribution in [0.1, 0.15) is 114 Å². The van der Waals surface area contributed by atoms with Gasteiger partial charge in [-0.2, -0.15) is 0 Å². The first kappa shape index (κ1) is 38.0. The van der Waals surface area contributed by atoms with Crippen molar-refractivity contribution in [1.82, 2.24) is 0 Å². The molecule has 0 unspecified atom stereocenters. The summed E-state index contributed by atoms with van der Waals surface area (Å²) in [5, 5.41) is 10.5. The molecule has 1 N–H and O–H groups in total. The molecule has 0 saturated carbocycles. The fourth-order valence-electron chi connectivity index (χ4n) is 1.46. The zero-order valence-electron chi connectivity index (χ0n) is 22.7. The Morgan fingerprint density at radius 2 is 1.41 bits per heavy atom. The summed E-state index contributed by atoms with van der Waals surface area (Å²) in [4.78, 5) is 24.6. The summed E-state index contributed by atoms with van der Waals surface area (Å²) in [6.07, 6.45) is 6.65. The van der Waals surface area contributed by atoms with Gasteiger partial charge in [0.25, 0.3) is 0 Å². The smallest absolute Gasteiger partial charge is 0.308 e. The molecule has 6 heteroatoms. The number of hydrogen-bond donors (Lipinski definition) is 1. The lowest BCUT2D eigenvalue weighted by Gasteiger charge is -2.07. The van der Waals surface area contributed by atoms with Crippen molar-refractivity contribution in [3.8, 4) is 0 Å². The maximum Gasteiger partial charge on any atom is 0.308 e. The fraction of sp³-hybridized carbons (Fsp3) is 0.885. The van der Waals surface area contributed by atoms with Crippen LogP contribution in [-0.2, 0) is 14.3 Å². The third-order valence-electron chi connectivity index (χ3n) is 4.10. The summed E-state index contributed by atoms with van der Waals surface area (Å²) < 4.78 is 4.98. The van der Waals surface area contributed by atoms with Crippen molar-refractivity contribution in [2.24, 2.45) is 28.7 Å². The van der Waals surface area contributed by atoms with Crippen molar-refractivity contribution < 1.29 is 19.4 Å². The summed E-state index contributed by atoms with van der Waals surface area (Å²) >= 11 is 4.39. The number of rotatable bonds is 12. The Morgan fingerprint density at radius 1 is 0.906 bits per heavy atom. The molecule has 0 aliphatic carbocycles. The Balaban J connectivity index is -0.000000169. The SMILES string of the molecule is CC(C)CCN=C=S.CC(C)CCOC(=O)C(C)C.CCC(C)C.CCCCCC(=O)O. The largest absolute Gasteiger partial charge is 0.481 e. The second-order valence-electron chi connectivity index (χ2n) is 9.31. The van der Waals surface area contributed by atoms with Crippen molar-refractivity contribution in [2.75, 3.05) is 13.2 Å². The van der Waals surface area contributed by atoms with Crippen LogP contribution >= 0.6 is 12.2 Å². The molecule has 0 heterocycles. The predicted octanol–water partition coefficient (Wildman–Crippen LogP) is 8.07. The van der Waals surface area contributed by atoms with E-state index in [1.165, 1.54) is 6.42 Å². The number of isothiocyanates is 1. The molecule has 0 amide bonds. The molecule has 0 rings (SSSR count). The highest BCUT2D eigenvalue weighted by Crippen LogP contribution is 2.02. The van der Waals surface area contributed by atoms with E-state index in [0.29, 0.717) is 18.9 Å². The molecule has 0 aliphatic rings. The van der Waals surface area contributed by atoms with Crippen molar-refractivity contribution in [3.63, 3.8) is 0 Å². The van der Waals surface area contributed by atoms with Crippen LogP contribution in [-0.4, -0.2) is 35.4 Å². The molecule has 0 atom stereocenters. The van der Waals surface area contributed by atoms with Crippen LogP contribution in [0.4, 0.5) is 0 Å². The molecule has 5 nitrogen and oxygen atoms in total. The minimum absolute atomic E-state index is 0.00200. The van der Waals surface area contributed by atoms with Crippen molar-refractivity contribution >= 4 is 29.3 Å². The van der Waals surface area contributed by atoms with Crippen molar-refractivity contribution in [3.05, 3.63) is 0 Å². The number of carbonyl (C=O) groups is 2. The quantitative estimate of drug-likeness (QED) is 0.134. The normalized spacial score (nSPS) is 9.69. The maximum absolute atomic E-state index is 10.9. The Labute approximate surface area is 204 Å². The molecule has 0 aromatic rings. The van der Waals surface area contributed by atoms with Gasteiger partial charge in [-0.05, 0) is 49.2 Å². The van der Waals surface area contributed by atoms with Crippen molar-refractivity contribution in [1.29, 1.82) is 0 Å². The standard InChI is InChI=1S/C9H18O2.C6H11NS.C6H12O2.C5H12/c1-7(2)5-6-11-9(10)8(3)4;1-6(2)3-4-7-5-8;1-2-3-4-5-6(7)8;1-4-5(2)3/h7-8H,5-6H2,1-4H3;6H,3-4H2,1-2H3;2-5H2,1H3,(H,7,8);5H,4H2,1-3H3.